The van der Waals surface area contributed by atoms with Crippen molar-refractivity contribution < 1.29 is 0 Å². The van der Waals surface area contributed by atoms with Crippen LogP contribution in [0.4, 0.5) is 11.6 Å². The van der Waals surface area contributed by atoms with Gasteiger partial charge in [0.25, 0.3) is 0 Å². The molecular weight excluding hydrogens is 564 g/mol. The lowest BCUT2D eigenvalue weighted by molar-refractivity contribution is 0.253. The zero-order valence-corrected chi connectivity index (χ0v) is 26.4. The van der Waals surface area contributed by atoms with Crippen LogP contribution in [0.2, 0.25) is 0 Å². The van der Waals surface area contributed by atoms with Crippen molar-refractivity contribution >= 4 is 22.7 Å². The van der Waals surface area contributed by atoms with Crippen molar-refractivity contribution in [2.24, 2.45) is 0 Å². The molecule has 8 rings (SSSR count). The minimum Gasteiger partial charge on any atom is -0.304 e. The van der Waals surface area contributed by atoms with E-state index in [1.165, 1.54) is 0 Å². The van der Waals surface area contributed by atoms with E-state index in [1.54, 1.807) is 0 Å². The second kappa shape index (κ2) is 10.5. The SMILES string of the molecule is CC1(C)N(c2ccc(-c3nc(-c4ccccc4)nc(-c4cccc(-c5ccccc5)c4)n3)cc2)c2nc3ccccc3n2C1(C)C. The van der Waals surface area contributed by atoms with Gasteiger partial charge >= 0.3 is 0 Å². The fraction of sp³-hybridized carbons (Fsp3) is 0.150. The number of benzene rings is 5. The molecule has 2 aromatic heterocycles. The molecule has 0 fully saturated rings. The maximum atomic E-state index is 5.10. The summed E-state index contributed by atoms with van der Waals surface area (Å²) in [5.74, 6) is 2.87. The lowest BCUT2D eigenvalue weighted by Gasteiger charge is -2.41. The molecule has 0 N–H and O–H groups in total. The molecule has 0 unspecified atom stereocenters. The van der Waals surface area contributed by atoms with Crippen molar-refractivity contribution in [3.63, 3.8) is 0 Å². The van der Waals surface area contributed by atoms with E-state index in [9.17, 15) is 0 Å². The topological polar surface area (TPSA) is 59.7 Å². The Morgan fingerprint density at radius 2 is 0.957 bits per heavy atom. The Morgan fingerprint density at radius 3 is 1.63 bits per heavy atom. The third-order valence-electron chi connectivity index (χ3n) is 9.64. The van der Waals surface area contributed by atoms with Crippen molar-refractivity contribution in [2.45, 2.75) is 38.8 Å². The van der Waals surface area contributed by atoms with Crippen LogP contribution in [-0.2, 0) is 5.54 Å². The molecule has 1 aliphatic heterocycles. The van der Waals surface area contributed by atoms with Crippen LogP contribution in [0, 0.1) is 0 Å². The number of fused-ring (bicyclic) bond motifs is 3. The summed E-state index contributed by atoms with van der Waals surface area (Å²) < 4.78 is 2.38. The molecule has 7 aromatic rings. The van der Waals surface area contributed by atoms with Gasteiger partial charge in [-0.3, -0.25) is 0 Å². The fourth-order valence-electron chi connectivity index (χ4n) is 6.53. The van der Waals surface area contributed by atoms with Crippen LogP contribution in [0.3, 0.4) is 0 Å². The van der Waals surface area contributed by atoms with Gasteiger partial charge in [-0.25, -0.2) is 19.9 Å². The lowest BCUT2D eigenvalue weighted by Crippen LogP contribution is -2.50. The Balaban J connectivity index is 1.22. The lowest BCUT2D eigenvalue weighted by atomic mass is 9.82. The third kappa shape index (κ3) is 4.40. The monoisotopic (exact) mass is 598 g/mol. The Hall–Kier alpha value is -5.62. The Kier molecular flexibility index (Phi) is 6.36. The van der Waals surface area contributed by atoms with E-state index in [4.69, 9.17) is 19.9 Å². The highest BCUT2D eigenvalue weighted by Gasteiger charge is 2.53. The highest BCUT2D eigenvalue weighted by molar-refractivity contribution is 5.83. The maximum Gasteiger partial charge on any atom is 0.212 e. The number of hydrogen-bond donors (Lipinski definition) is 0. The molecule has 0 atom stereocenters. The van der Waals surface area contributed by atoms with Gasteiger partial charge in [0.2, 0.25) is 5.95 Å². The highest BCUT2D eigenvalue weighted by atomic mass is 15.4. The summed E-state index contributed by atoms with van der Waals surface area (Å²) in [6.45, 7) is 9.17. The predicted octanol–water partition coefficient (Wildman–Crippen LogP) is 9.55. The van der Waals surface area contributed by atoms with Gasteiger partial charge in [-0.1, -0.05) is 91.0 Å². The molecule has 6 nitrogen and oxygen atoms in total. The van der Waals surface area contributed by atoms with Gasteiger partial charge in [-0.2, -0.15) is 0 Å². The van der Waals surface area contributed by atoms with Gasteiger partial charge in [-0.05, 0) is 81.3 Å². The fourth-order valence-corrected chi connectivity index (χ4v) is 6.53. The molecule has 224 valence electrons. The Bertz CT molecular complexity index is 2200. The van der Waals surface area contributed by atoms with Crippen molar-refractivity contribution in [1.29, 1.82) is 0 Å². The minimum atomic E-state index is -0.231. The van der Waals surface area contributed by atoms with Crippen molar-refractivity contribution in [3.8, 4) is 45.3 Å². The molecule has 6 heteroatoms. The van der Waals surface area contributed by atoms with E-state index in [0.717, 1.165) is 50.5 Å². The number of hydrogen-bond acceptors (Lipinski definition) is 5. The zero-order valence-electron chi connectivity index (χ0n) is 26.4. The molecule has 0 amide bonds. The molecule has 1 aliphatic rings. The van der Waals surface area contributed by atoms with Gasteiger partial charge in [0.1, 0.15) is 0 Å². The van der Waals surface area contributed by atoms with Crippen molar-refractivity contribution in [2.75, 3.05) is 4.90 Å². The molecule has 0 aliphatic carbocycles. The van der Waals surface area contributed by atoms with Gasteiger partial charge in [-0.15, -0.1) is 0 Å². The smallest absolute Gasteiger partial charge is 0.212 e. The average Bonchev–Trinajstić information content (AvgIpc) is 3.55. The molecule has 0 radical (unpaired) electrons. The summed E-state index contributed by atoms with van der Waals surface area (Å²) in [5, 5.41) is 0. The molecule has 3 heterocycles. The normalized spacial score (nSPS) is 14.8. The van der Waals surface area contributed by atoms with Crippen LogP contribution >= 0.6 is 0 Å². The first-order valence-electron chi connectivity index (χ1n) is 15.7. The van der Waals surface area contributed by atoms with E-state index < -0.39 is 0 Å². The van der Waals surface area contributed by atoms with Crippen LogP contribution < -0.4 is 4.90 Å². The highest BCUT2D eigenvalue weighted by Crippen LogP contribution is 2.51. The third-order valence-corrected chi connectivity index (χ3v) is 9.64. The number of anilines is 2. The van der Waals surface area contributed by atoms with Crippen molar-refractivity contribution in [1.82, 2.24) is 24.5 Å². The number of aromatic nitrogens is 5. The van der Waals surface area contributed by atoms with Crippen LogP contribution in [-0.4, -0.2) is 30.0 Å². The molecule has 0 saturated carbocycles. The Labute approximate surface area is 269 Å². The van der Waals surface area contributed by atoms with Gasteiger partial charge in [0.15, 0.2) is 17.5 Å². The van der Waals surface area contributed by atoms with Gasteiger partial charge in [0, 0.05) is 22.4 Å². The van der Waals surface area contributed by atoms with Crippen molar-refractivity contribution in [3.05, 3.63) is 133 Å². The number of para-hydroxylation sites is 2. The first kappa shape index (κ1) is 27.9. The molecule has 0 saturated heterocycles. The maximum absolute atomic E-state index is 5.10. The van der Waals surface area contributed by atoms with Crippen LogP contribution in [0.15, 0.2) is 133 Å². The summed E-state index contributed by atoms with van der Waals surface area (Å²) in [7, 11) is 0. The Morgan fingerprint density at radius 1 is 0.435 bits per heavy atom. The van der Waals surface area contributed by atoms with E-state index in [2.05, 4.69) is 128 Å². The summed E-state index contributed by atoms with van der Waals surface area (Å²) in [6.07, 6.45) is 0. The first-order valence-corrected chi connectivity index (χ1v) is 15.7. The van der Waals surface area contributed by atoms with Crippen LogP contribution in [0.1, 0.15) is 27.7 Å². The van der Waals surface area contributed by atoms with Crippen LogP contribution in [0.5, 0.6) is 0 Å². The van der Waals surface area contributed by atoms with E-state index in [1.807, 2.05) is 42.5 Å². The standard InChI is InChI=1S/C40H34N6/c1-39(2)40(3,4)46-34-21-12-11-20-33(34)41-38(46)45(39)32-24-22-29(23-25-32)36-42-35(28-16-9-6-10-17-28)43-37(44-36)31-19-13-18-30(26-31)27-14-7-5-8-15-27/h5-26H,1-4H3. The quantitative estimate of drug-likeness (QED) is 0.197. The van der Waals surface area contributed by atoms with Gasteiger partial charge in [0.05, 0.1) is 22.1 Å². The van der Waals surface area contributed by atoms with E-state index in [0.29, 0.717) is 17.5 Å². The summed E-state index contributed by atoms with van der Waals surface area (Å²) in [5.41, 5.74) is 7.89. The van der Waals surface area contributed by atoms with E-state index >= 15 is 0 Å². The molecule has 0 spiro atoms. The minimum absolute atomic E-state index is 0.195. The summed E-state index contributed by atoms with van der Waals surface area (Å²) >= 11 is 0. The van der Waals surface area contributed by atoms with E-state index in [-0.39, 0.29) is 11.1 Å². The van der Waals surface area contributed by atoms with Crippen LogP contribution in [0.25, 0.3) is 56.3 Å². The zero-order chi connectivity index (χ0) is 31.5. The second-order valence-electron chi connectivity index (χ2n) is 12.9. The van der Waals surface area contributed by atoms with Gasteiger partial charge < -0.3 is 9.47 Å². The molecule has 46 heavy (non-hydrogen) atoms. The predicted molar refractivity (Wildman–Crippen MR) is 187 cm³/mol. The number of nitrogens with zero attached hydrogens (tertiary/aromatic N) is 6. The number of rotatable bonds is 5. The average molecular weight is 599 g/mol. The summed E-state index contributed by atoms with van der Waals surface area (Å²) in [4.78, 5) is 22.4. The second-order valence-corrected chi connectivity index (χ2v) is 12.9. The molecule has 0 bridgehead atoms. The largest absolute Gasteiger partial charge is 0.304 e. The number of imidazole rings is 1. The summed E-state index contributed by atoms with van der Waals surface area (Å²) in [6, 6.07) is 45.8. The molecular formula is C40H34N6. The first-order chi connectivity index (χ1) is 22.3. The molecule has 5 aromatic carbocycles.